The lowest BCUT2D eigenvalue weighted by atomic mass is 10.00. The zero-order valence-corrected chi connectivity index (χ0v) is 18.6. The summed E-state index contributed by atoms with van der Waals surface area (Å²) >= 11 is 0. The van der Waals surface area contributed by atoms with Crippen molar-refractivity contribution in [1.82, 2.24) is 13.7 Å². The van der Waals surface area contributed by atoms with Crippen LogP contribution in [-0.4, -0.2) is 25.2 Å². The SMILES string of the molecule is Cn1c(=O)c2c(-c3cccc([N+](=O)[O-])c3)n3c(c2n(C)c1=O)C(c1ccco1)OCC3(C)C. The standard InChI is InChI=1S/C23H22N4O6/c1-23(2)12-33-20(15-9-6-10-32-15)19-18-16(21(28)25(4)22(29)24(18)3)17(26(19)23)13-7-5-8-14(11-13)27(30)31/h5-11,20H,12H2,1-4H3. The fraction of sp³-hybridized carbons (Fsp3) is 0.304. The Morgan fingerprint density at radius 2 is 1.88 bits per heavy atom. The van der Waals surface area contributed by atoms with E-state index in [0.717, 1.165) is 4.57 Å². The van der Waals surface area contributed by atoms with Crippen LogP contribution in [-0.2, 0) is 24.4 Å². The van der Waals surface area contributed by atoms with Crippen molar-refractivity contribution in [2.24, 2.45) is 14.1 Å². The summed E-state index contributed by atoms with van der Waals surface area (Å²) in [4.78, 5) is 37.4. The van der Waals surface area contributed by atoms with E-state index < -0.39 is 27.8 Å². The second-order valence-electron chi connectivity index (χ2n) is 8.82. The van der Waals surface area contributed by atoms with Gasteiger partial charge in [0.25, 0.3) is 11.2 Å². The lowest BCUT2D eigenvalue weighted by molar-refractivity contribution is -0.384. The van der Waals surface area contributed by atoms with Crippen LogP contribution in [0.2, 0.25) is 0 Å². The molecule has 1 aliphatic heterocycles. The van der Waals surface area contributed by atoms with E-state index in [-0.39, 0.29) is 5.69 Å². The molecule has 4 aromatic rings. The van der Waals surface area contributed by atoms with Crippen LogP contribution in [0.3, 0.4) is 0 Å². The average molecular weight is 450 g/mol. The van der Waals surface area contributed by atoms with Crippen LogP contribution in [0.4, 0.5) is 5.69 Å². The van der Waals surface area contributed by atoms with Gasteiger partial charge in [-0.1, -0.05) is 12.1 Å². The van der Waals surface area contributed by atoms with Gasteiger partial charge in [-0.25, -0.2) is 4.79 Å². The van der Waals surface area contributed by atoms with Crippen LogP contribution < -0.4 is 11.2 Å². The largest absolute Gasteiger partial charge is 0.466 e. The number of benzene rings is 1. The number of ether oxygens (including phenoxy) is 1. The molecule has 4 heterocycles. The zero-order valence-electron chi connectivity index (χ0n) is 18.6. The number of nitrogens with zero attached hydrogens (tertiary/aromatic N) is 4. The van der Waals surface area contributed by atoms with Crippen LogP contribution in [0.5, 0.6) is 0 Å². The Kier molecular flexibility index (Phi) is 4.47. The molecular formula is C23H22N4O6. The number of fused-ring (bicyclic) bond motifs is 3. The van der Waals surface area contributed by atoms with Crippen molar-refractivity contribution in [3.63, 3.8) is 0 Å². The molecule has 0 saturated carbocycles. The molecule has 0 amide bonds. The Hall–Kier alpha value is -3.92. The summed E-state index contributed by atoms with van der Waals surface area (Å²) in [6, 6.07) is 9.68. The maximum absolute atomic E-state index is 13.5. The van der Waals surface area contributed by atoms with Gasteiger partial charge < -0.3 is 13.7 Å². The Morgan fingerprint density at radius 3 is 2.55 bits per heavy atom. The molecule has 3 aromatic heterocycles. The Labute approximate surface area is 187 Å². The van der Waals surface area contributed by atoms with Gasteiger partial charge >= 0.3 is 5.69 Å². The minimum atomic E-state index is -0.666. The normalized spacial score (nSPS) is 17.3. The number of hydrogen-bond donors (Lipinski definition) is 0. The number of non-ortho nitro benzene ring substituents is 1. The number of furan rings is 1. The second kappa shape index (κ2) is 7.04. The van der Waals surface area contributed by atoms with Crippen molar-refractivity contribution in [3.8, 4) is 11.3 Å². The molecule has 10 heteroatoms. The molecule has 0 spiro atoms. The fourth-order valence-electron chi connectivity index (χ4n) is 4.69. The molecule has 0 radical (unpaired) electrons. The van der Waals surface area contributed by atoms with Gasteiger partial charge in [-0.2, -0.15) is 0 Å². The second-order valence-corrected chi connectivity index (χ2v) is 8.82. The number of aryl methyl sites for hydroxylation is 1. The highest BCUT2D eigenvalue weighted by Gasteiger charge is 2.41. The molecule has 170 valence electrons. The first-order valence-electron chi connectivity index (χ1n) is 10.4. The predicted octanol–water partition coefficient (Wildman–Crippen LogP) is 3.06. The number of rotatable bonds is 3. The zero-order chi connectivity index (χ0) is 23.7. The summed E-state index contributed by atoms with van der Waals surface area (Å²) in [5.74, 6) is 0.532. The summed E-state index contributed by atoms with van der Waals surface area (Å²) in [5.41, 5.74) is 0.338. The smallest absolute Gasteiger partial charge is 0.331 e. The summed E-state index contributed by atoms with van der Waals surface area (Å²) < 4.78 is 16.3. The van der Waals surface area contributed by atoms with E-state index in [2.05, 4.69) is 0 Å². The Morgan fingerprint density at radius 1 is 1.12 bits per heavy atom. The van der Waals surface area contributed by atoms with Crippen molar-refractivity contribution >= 4 is 16.6 Å². The summed E-state index contributed by atoms with van der Waals surface area (Å²) in [6.07, 6.45) is 0.869. The number of nitro groups is 1. The average Bonchev–Trinajstić information content (AvgIpc) is 3.44. The maximum atomic E-state index is 13.5. The lowest BCUT2D eigenvalue weighted by Crippen LogP contribution is -2.40. The van der Waals surface area contributed by atoms with Gasteiger partial charge in [0.15, 0.2) is 6.10 Å². The van der Waals surface area contributed by atoms with Crippen LogP contribution in [0.15, 0.2) is 56.7 Å². The van der Waals surface area contributed by atoms with Crippen LogP contribution in [0.25, 0.3) is 22.2 Å². The molecule has 0 fully saturated rings. The monoisotopic (exact) mass is 450 g/mol. The van der Waals surface area contributed by atoms with E-state index in [4.69, 9.17) is 9.15 Å². The first-order valence-corrected chi connectivity index (χ1v) is 10.4. The van der Waals surface area contributed by atoms with E-state index in [1.54, 1.807) is 31.3 Å². The third-order valence-corrected chi connectivity index (χ3v) is 6.20. The number of nitro benzene ring substituents is 1. The van der Waals surface area contributed by atoms with E-state index in [9.17, 15) is 19.7 Å². The third kappa shape index (κ3) is 2.91. The molecule has 1 unspecified atom stereocenters. The van der Waals surface area contributed by atoms with E-state index in [1.165, 1.54) is 30.0 Å². The van der Waals surface area contributed by atoms with Gasteiger partial charge in [0, 0.05) is 31.8 Å². The number of aromatic nitrogens is 3. The molecule has 1 atom stereocenters. The van der Waals surface area contributed by atoms with Crippen molar-refractivity contribution < 1.29 is 14.1 Å². The quantitative estimate of drug-likeness (QED) is 0.350. The molecule has 5 rings (SSSR count). The molecule has 0 saturated heterocycles. The highest BCUT2D eigenvalue weighted by Crippen LogP contribution is 2.45. The molecule has 0 aliphatic carbocycles. The molecular weight excluding hydrogens is 428 g/mol. The number of hydrogen-bond acceptors (Lipinski definition) is 6. The molecule has 1 aliphatic rings. The maximum Gasteiger partial charge on any atom is 0.331 e. The molecule has 33 heavy (non-hydrogen) atoms. The van der Waals surface area contributed by atoms with Crippen molar-refractivity contribution in [3.05, 3.63) is 85.1 Å². The summed E-state index contributed by atoms with van der Waals surface area (Å²) in [6.45, 7) is 4.21. The predicted molar refractivity (Wildman–Crippen MR) is 120 cm³/mol. The Bertz CT molecular complexity index is 1540. The van der Waals surface area contributed by atoms with Gasteiger partial charge in [0.2, 0.25) is 0 Å². The van der Waals surface area contributed by atoms with Crippen molar-refractivity contribution in [2.45, 2.75) is 25.5 Å². The topological polar surface area (TPSA) is 114 Å². The van der Waals surface area contributed by atoms with Gasteiger partial charge in [-0.05, 0) is 26.0 Å². The lowest BCUT2D eigenvalue weighted by Gasteiger charge is -2.38. The summed E-state index contributed by atoms with van der Waals surface area (Å²) in [7, 11) is 3.02. The first kappa shape index (κ1) is 21.0. The van der Waals surface area contributed by atoms with Crippen molar-refractivity contribution in [1.29, 1.82) is 0 Å². The Balaban J connectivity index is 2.03. The van der Waals surface area contributed by atoms with Crippen molar-refractivity contribution in [2.75, 3.05) is 6.61 Å². The van der Waals surface area contributed by atoms with E-state index in [0.29, 0.717) is 40.2 Å². The van der Waals surface area contributed by atoms with E-state index >= 15 is 0 Å². The van der Waals surface area contributed by atoms with Crippen LogP contribution >= 0.6 is 0 Å². The minimum absolute atomic E-state index is 0.0923. The highest BCUT2D eigenvalue weighted by molar-refractivity contribution is 5.97. The first-order chi connectivity index (χ1) is 15.6. The van der Waals surface area contributed by atoms with Crippen LogP contribution in [0, 0.1) is 10.1 Å². The van der Waals surface area contributed by atoms with Gasteiger partial charge in [-0.15, -0.1) is 0 Å². The van der Waals surface area contributed by atoms with Gasteiger partial charge in [0.05, 0.1) is 45.6 Å². The molecule has 0 bridgehead atoms. The van der Waals surface area contributed by atoms with Gasteiger partial charge in [0.1, 0.15) is 5.76 Å². The molecule has 0 N–H and O–H groups in total. The third-order valence-electron chi connectivity index (χ3n) is 6.20. The fourth-order valence-corrected chi connectivity index (χ4v) is 4.69. The molecule has 1 aromatic carbocycles. The summed E-state index contributed by atoms with van der Waals surface area (Å²) in [5, 5.41) is 11.8. The van der Waals surface area contributed by atoms with Gasteiger partial charge in [-0.3, -0.25) is 24.0 Å². The molecule has 10 nitrogen and oxygen atoms in total. The van der Waals surface area contributed by atoms with Crippen LogP contribution in [0.1, 0.15) is 31.4 Å². The van der Waals surface area contributed by atoms with E-state index in [1.807, 2.05) is 18.4 Å². The minimum Gasteiger partial charge on any atom is -0.466 e. The highest BCUT2D eigenvalue weighted by atomic mass is 16.6.